The van der Waals surface area contributed by atoms with E-state index in [9.17, 15) is 4.79 Å². The van der Waals surface area contributed by atoms with Crippen LogP contribution >= 0.6 is 11.6 Å². The molecule has 150 valence electrons. The first-order chi connectivity index (χ1) is 14.0. The van der Waals surface area contributed by atoms with Crippen molar-refractivity contribution in [2.24, 2.45) is 5.73 Å². The van der Waals surface area contributed by atoms with Gasteiger partial charge in [-0.2, -0.15) is 5.10 Å². The third-order valence-corrected chi connectivity index (χ3v) is 6.33. The fraction of sp³-hybridized carbons (Fsp3) is 0.304. The Bertz CT molecular complexity index is 1070. The van der Waals surface area contributed by atoms with Crippen molar-refractivity contribution < 1.29 is 0 Å². The fourth-order valence-electron chi connectivity index (χ4n) is 4.37. The largest absolute Gasteiger partial charge is 0.399 e. The molecule has 0 saturated heterocycles. The van der Waals surface area contributed by atoms with E-state index < -0.39 is 0 Å². The molecule has 2 aromatic carbocycles. The van der Waals surface area contributed by atoms with Gasteiger partial charge in [0, 0.05) is 34.3 Å². The molecule has 1 aliphatic rings. The molecule has 6 heteroatoms. The molecule has 4 rings (SSSR count). The molecule has 0 unspecified atom stereocenters. The Morgan fingerprint density at radius 3 is 2.52 bits per heavy atom. The zero-order valence-electron chi connectivity index (χ0n) is 16.2. The van der Waals surface area contributed by atoms with E-state index in [2.05, 4.69) is 11.2 Å². The maximum Gasteiger partial charge on any atom is 0.267 e. The first-order valence-electron chi connectivity index (χ1n) is 9.93. The molecular formula is C23H25ClN4O. The van der Waals surface area contributed by atoms with Gasteiger partial charge >= 0.3 is 0 Å². The van der Waals surface area contributed by atoms with Crippen molar-refractivity contribution >= 4 is 17.3 Å². The van der Waals surface area contributed by atoms with Crippen LogP contribution in [-0.4, -0.2) is 16.3 Å². The van der Waals surface area contributed by atoms with Crippen LogP contribution in [0.2, 0.25) is 5.02 Å². The van der Waals surface area contributed by atoms with Gasteiger partial charge in [-0.05, 0) is 61.6 Å². The summed E-state index contributed by atoms with van der Waals surface area (Å²) in [4.78, 5) is 12.5. The van der Waals surface area contributed by atoms with E-state index in [1.807, 2.05) is 42.5 Å². The lowest BCUT2D eigenvalue weighted by Gasteiger charge is -2.40. The van der Waals surface area contributed by atoms with E-state index in [-0.39, 0.29) is 17.0 Å². The van der Waals surface area contributed by atoms with Crippen LogP contribution in [0.25, 0.3) is 11.3 Å². The fourth-order valence-corrected chi connectivity index (χ4v) is 4.56. The van der Waals surface area contributed by atoms with Crippen LogP contribution < -0.4 is 17.0 Å². The Kier molecular flexibility index (Phi) is 5.43. The lowest BCUT2D eigenvalue weighted by molar-refractivity contribution is 0.222. The summed E-state index contributed by atoms with van der Waals surface area (Å²) in [6.07, 6.45) is 3.48. The molecule has 0 bridgehead atoms. The van der Waals surface area contributed by atoms with Crippen molar-refractivity contribution in [3.63, 3.8) is 0 Å². The van der Waals surface area contributed by atoms with Crippen LogP contribution in [0.4, 0.5) is 5.69 Å². The first kappa shape index (κ1) is 19.7. The lowest BCUT2D eigenvalue weighted by Crippen LogP contribution is -2.41. The quantitative estimate of drug-likeness (QED) is 0.634. The molecule has 0 amide bonds. The maximum atomic E-state index is 12.5. The smallest absolute Gasteiger partial charge is 0.267 e. The zero-order valence-corrected chi connectivity index (χ0v) is 17.0. The predicted octanol–water partition coefficient (Wildman–Crippen LogP) is 4.16. The van der Waals surface area contributed by atoms with Crippen LogP contribution in [0.1, 0.15) is 37.3 Å². The van der Waals surface area contributed by atoms with Crippen LogP contribution in [-0.2, 0) is 5.41 Å². The summed E-state index contributed by atoms with van der Waals surface area (Å²) in [6, 6.07) is 18.9. The van der Waals surface area contributed by atoms with E-state index in [0.29, 0.717) is 12.2 Å². The number of aromatic nitrogens is 2. The van der Waals surface area contributed by atoms with Crippen molar-refractivity contribution in [2.75, 3.05) is 12.3 Å². The maximum absolute atomic E-state index is 12.5. The molecule has 1 aromatic heterocycles. The second-order valence-electron chi connectivity index (χ2n) is 7.85. The number of nitrogen functional groups attached to an aromatic ring is 1. The lowest BCUT2D eigenvalue weighted by atomic mass is 9.68. The van der Waals surface area contributed by atoms with E-state index in [0.717, 1.165) is 42.0 Å². The van der Waals surface area contributed by atoms with Gasteiger partial charge < -0.3 is 11.5 Å². The Morgan fingerprint density at radius 2 is 1.83 bits per heavy atom. The number of hydrogen-bond donors (Lipinski definition) is 2. The normalized spacial score (nSPS) is 21.8. The van der Waals surface area contributed by atoms with Gasteiger partial charge in [-0.1, -0.05) is 35.9 Å². The average Bonchev–Trinajstić information content (AvgIpc) is 2.74. The zero-order chi connectivity index (χ0) is 20.4. The van der Waals surface area contributed by atoms with E-state index in [1.165, 1.54) is 5.56 Å². The standard InChI is InChI=1S/C23H25ClN4O/c24-18-5-2-4-17(14-18)23(15-25)11-9-20(10-12-23)28-22(29)8-7-21(27-28)16-3-1-6-19(26)13-16/h1-8,13-14,20H,9-12,15,25-26H2. The van der Waals surface area contributed by atoms with E-state index in [4.69, 9.17) is 23.1 Å². The molecule has 4 N–H and O–H groups in total. The Morgan fingerprint density at radius 1 is 1.07 bits per heavy atom. The molecule has 0 aliphatic heterocycles. The molecular weight excluding hydrogens is 384 g/mol. The van der Waals surface area contributed by atoms with Gasteiger partial charge in [0.15, 0.2) is 0 Å². The summed E-state index contributed by atoms with van der Waals surface area (Å²) in [5.41, 5.74) is 15.4. The highest BCUT2D eigenvalue weighted by molar-refractivity contribution is 6.30. The highest BCUT2D eigenvalue weighted by Crippen LogP contribution is 2.42. The minimum absolute atomic E-state index is 0.0577. The molecule has 0 atom stereocenters. The molecule has 0 spiro atoms. The number of halogens is 1. The van der Waals surface area contributed by atoms with Gasteiger partial charge in [0.25, 0.3) is 5.56 Å². The summed E-state index contributed by atoms with van der Waals surface area (Å²) < 4.78 is 1.64. The molecule has 3 aromatic rings. The van der Waals surface area contributed by atoms with Crippen LogP contribution in [0, 0.1) is 0 Å². The summed E-state index contributed by atoms with van der Waals surface area (Å²) >= 11 is 6.21. The topological polar surface area (TPSA) is 86.9 Å². The molecule has 0 radical (unpaired) electrons. The number of anilines is 1. The molecule has 1 heterocycles. The molecule has 29 heavy (non-hydrogen) atoms. The van der Waals surface area contributed by atoms with Crippen molar-refractivity contribution in [3.8, 4) is 11.3 Å². The van der Waals surface area contributed by atoms with Crippen LogP contribution in [0.3, 0.4) is 0 Å². The summed E-state index contributed by atoms with van der Waals surface area (Å²) in [5, 5.41) is 5.39. The van der Waals surface area contributed by atoms with Gasteiger partial charge in [-0.3, -0.25) is 4.79 Å². The van der Waals surface area contributed by atoms with Crippen molar-refractivity contribution in [1.29, 1.82) is 0 Å². The van der Waals surface area contributed by atoms with Gasteiger partial charge in [0.2, 0.25) is 0 Å². The molecule has 1 saturated carbocycles. The number of nitrogens with two attached hydrogens (primary N) is 2. The number of hydrogen-bond acceptors (Lipinski definition) is 4. The van der Waals surface area contributed by atoms with Crippen molar-refractivity contribution in [3.05, 3.63) is 81.6 Å². The average molecular weight is 409 g/mol. The molecule has 5 nitrogen and oxygen atoms in total. The molecule has 1 fully saturated rings. The highest BCUT2D eigenvalue weighted by atomic mass is 35.5. The Balaban J connectivity index is 1.60. The van der Waals surface area contributed by atoms with Crippen LogP contribution in [0.5, 0.6) is 0 Å². The molecule has 1 aliphatic carbocycles. The summed E-state index contributed by atoms with van der Waals surface area (Å²) in [6.45, 7) is 0.561. The monoisotopic (exact) mass is 408 g/mol. The minimum Gasteiger partial charge on any atom is -0.399 e. The third kappa shape index (κ3) is 3.93. The number of rotatable bonds is 4. The Hall–Kier alpha value is -2.63. The first-order valence-corrected chi connectivity index (χ1v) is 10.3. The number of benzene rings is 2. The van der Waals surface area contributed by atoms with Gasteiger partial charge in [-0.15, -0.1) is 0 Å². The van der Waals surface area contributed by atoms with Gasteiger partial charge in [-0.25, -0.2) is 4.68 Å². The van der Waals surface area contributed by atoms with E-state index >= 15 is 0 Å². The van der Waals surface area contributed by atoms with Crippen molar-refractivity contribution in [1.82, 2.24) is 9.78 Å². The SMILES string of the molecule is NCC1(c2cccc(Cl)c2)CCC(n2nc(-c3cccc(N)c3)ccc2=O)CC1. The second kappa shape index (κ2) is 8.01. The number of nitrogens with zero attached hydrogens (tertiary/aromatic N) is 2. The van der Waals surface area contributed by atoms with Gasteiger partial charge in [0.05, 0.1) is 11.7 Å². The van der Waals surface area contributed by atoms with Gasteiger partial charge in [0.1, 0.15) is 0 Å². The summed E-state index contributed by atoms with van der Waals surface area (Å²) in [5.74, 6) is 0. The minimum atomic E-state index is -0.101. The Labute approximate surface area is 175 Å². The summed E-state index contributed by atoms with van der Waals surface area (Å²) in [7, 11) is 0. The third-order valence-electron chi connectivity index (χ3n) is 6.09. The second-order valence-corrected chi connectivity index (χ2v) is 8.29. The highest BCUT2D eigenvalue weighted by Gasteiger charge is 2.37. The predicted molar refractivity (Wildman–Crippen MR) is 118 cm³/mol. The van der Waals surface area contributed by atoms with Crippen LogP contribution in [0.15, 0.2) is 65.5 Å². The van der Waals surface area contributed by atoms with E-state index in [1.54, 1.807) is 16.8 Å². The van der Waals surface area contributed by atoms with Crippen molar-refractivity contribution in [2.45, 2.75) is 37.1 Å².